The first kappa shape index (κ1) is 48.0. The molecule has 358 valence electrons. The highest BCUT2D eigenvalue weighted by atomic mass is 35.5. The zero-order chi connectivity index (χ0) is 48.9. The summed E-state index contributed by atoms with van der Waals surface area (Å²) in [5, 5.41) is 1.20. The van der Waals surface area contributed by atoms with Crippen LogP contribution in [-0.2, 0) is 32.0 Å². The monoisotopic (exact) mass is 950 g/mol. The van der Waals surface area contributed by atoms with Gasteiger partial charge in [-0.05, 0) is 115 Å². The van der Waals surface area contributed by atoms with E-state index < -0.39 is 53.2 Å². The Hall–Kier alpha value is -6.49. The Morgan fingerprint density at radius 1 is 0.794 bits per heavy atom. The minimum absolute atomic E-state index is 0.0209. The molecule has 1 saturated heterocycles. The molecule has 15 nitrogen and oxygen atoms in total. The van der Waals surface area contributed by atoms with E-state index in [-0.39, 0.29) is 28.7 Å². The van der Waals surface area contributed by atoms with Crippen molar-refractivity contribution in [2.45, 2.75) is 111 Å². The van der Waals surface area contributed by atoms with Gasteiger partial charge >= 0.3 is 12.2 Å². The smallest absolute Gasteiger partial charge is 0.427 e. The first-order chi connectivity index (χ1) is 32.1. The molecule has 0 spiro atoms. The summed E-state index contributed by atoms with van der Waals surface area (Å²) < 4.78 is 59.3. The number of nitrogens with zero attached hydrogens (tertiary/aromatic N) is 6. The van der Waals surface area contributed by atoms with E-state index in [4.69, 9.17) is 54.7 Å². The number of halogens is 2. The van der Waals surface area contributed by atoms with Crippen LogP contribution in [0, 0.1) is 12.7 Å². The van der Waals surface area contributed by atoms with E-state index in [1.54, 1.807) is 74.8 Å². The number of hydrogen-bond donors (Lipinski definition) is 0. The van der Waals surface area contributed by atoms with Crippen molar-refractivity contribution in [1.82, 2.24) is 19.5 Å². The van der Waals surface area contributed by atoms with Gasteiger partial charge in [0.2, 0.25) is 5.95 Å². The Morgan fingerprint density at radius 3 is 1.94 bits per heavy atom. The normalized spacial score (nSPS) is 17.7. The maximum absolute atomic E-state index is 16.0. The van der Waals surface area contributed by atoms with Gasteiger partial charge in [0.15, 0.2) is 5.79 Å². The van der Waals surface area contributed by atoms with Gasteiger partial charge in [-0.25, -0.2) is 23.9 Å². The average molecular weight is 951 g/mol. The predicted molar refractivity (Wildman–Crippen MR) is 256 cm³/mol. The lowest BCUT2D eigenvalue weighted by Gasteiger charge is -2.27. The van der Waals surface area contributed by atoms with Gasteiger partial charge < -0.3 is 42.6 Å². The summed E-state index contributed by atoms with van der Waals surface area (Å²) in [5.41, 5.74) is 2.13. The maximum atomic E-state index is 16.0. The van der Waals surface area contributed by atoms with Crippen LogP contribution in [0.25, 0.3) is 21.9 Å². The minimum atomic E-state index is -0.989. The number of carbonyl (C=O) groups is 2. The van der Waals surface area contributed by atoms with Crippen molar-refractivity contribution in [3.05, 3.63) is 118 Å². The van der Waals surface area contributed by atoms with Crippen molar-refractivity contribution in [2.24, 2.45) is 0 Å². The summed E-state index contributed by atoms with van der Waals surface area (Å²) in [7, 11) is 3.24. The Morgan fingerprint density at radius 2 is 1.38 bits per heavy atom. The number of imide groups is 1. The fourth-order valence-corrected chi connectivity index (χ4v) is 8.49. The molecule has 8 rings (SSSR count). The summed E-state index contributed by atoms with van der Waals surface area (Å²) in [5.74, 6) is 0.445. The summed E-state index contributed by atoms with van der Waals surface area (Å²) >= 11 is 6.93. The topological polar surface area (TPSA) is 149 Å². The van der Waals surface area contributed by atoms with Crippen LogP contribution in [-0.4, -0.2) is 81.7 Å². The van der Waals surface area contributed by atoms with Gasteiger partial charge in [-0.1, -0.05) is 41.9 Å². The highest BCUT2D eigenvalue weighted by molar-refractivity contribution is 6.33. The quantitative estimate of drug-likeness (QED) is 0.107. The molecule has 3 aromatic carbocycles. The lowest BCUT2D eigenvalue weighted by Crippen LogP contribution is -2.44. The molecule has 3 aromatic heterocycles. The number of fused-ring (bicyclic) bond motifs is 3. The molecular weight excluding hydrogens is 895 g/mol. The van der Waals surface area contributed by atoms with E-state index in [1.807, 2.05) is 90.2 Å². The fourth-order valence-electron chi connectivity index (χ4n) is 8.22. The van der Waals surface area contributed by atoms with E-state index in [1.165, 1.54) is 6.07 Å². The van der Waals surface area contributed by atoms with Gasteiger partial charge in [0.1, 0.15) is 64.5 Å². The third-order valence-corrected chi connectivity index (χ3v) is 11.5. The molecule has 0 N–H and O–H groups in total. The molecule has 3 atom stereocenters. The molecule has 0 bridgehead atoms. The number of carbonyl (C=O) groups excluding carboxylic acids is 2. The Kier molecular flexibility index (Phi) is 13.1. The van der Waals surface area contributed by atoms with Crippen molar-refractivity contribution in [3.63, 3.8) is 0 Å². The van der Waals surface area contributed by atoms with Crippen molar-refractivity contribution < 1.29 is 47.1 Å². The number of aromatic nitrogens is 4. The first-order valence-corrected chi connectivity index (χ1v) is 22.6. The number of methoxy groups -OCH3 is 2. The van der Waals surface area contributed by atoms with E-state index in [0.29, 0.717) is 46.1 Å². The second kappa shape index (κ2) is 18.5. The van der Waals surface area contributed by atoms with Crippen LogP contribution in [0.1, 0.15) is 78.3 Å². The zero-order valence-corrected chi connectivity index (χ0v) is 40.8. The lowest BCUT2D eigenvalue weighted by atomic mass is 10.1. The van der Waals surface area contributed by atoms with Gasteiger partial charge in [0, 0.05) is 42.2 Å². The van der Waals surface area contributed by atoms with E-state index >= 15 is 4.39 Å². The number of amides is 2. The summed E-state index contributed by atoms with van der Waals surface area (Å²) in [6.07, 6.45) is 0.762. The van der Waals surface area contributed by atoms with Crippen molar-refractivity contribution in [2.75, 3.05) is 30.6 Å². The van der Waals surface area contributed by atoms with Gasteiger partial charge in [-0.15, -0.1) is 4.90 Å². The van der Waals surface area contributed by atoms with Gasteiger partial charge in [-0.3, -0.25) is 0 Å². The number of ether oxygens (including phenoxy) is 7. The molecular formula is C51H56ClFN6O9. The number of hydrogen-bond acceptors (Lipinski definition) is 13. The molecule has 0 saturated carbocycles. The number of pyridine rings is 1. The lowest BCUT2D eigenvalue weighted by molar-refractivity contribution is -0.148. The predicted octanol–water partition coefficient (Wildman–Crippen LogP) is 11.1. The molecule has 0 unspecified atom stereocenters. The zero-order valence-electron chi connectivity index (χ0n) is 40.0. The SMILES string of the molecule is COc1ccc(CN(Cc2ccc(OC)cc2)c2nc3cc(OCC4=C[C@@H](n5ccc6c(C)nc(N(C(=O)OC(C)(C)C)C(=O)OC(C)(C)C)nc65)[C@@H]5OC(C)(C)O[C@H]45)cc(F)c3cc2Cl)cc1. The minimum Gasteiger partial charge on any atom is -0.497 e. The standard InChI is InChI=1S/C51H56ClFN6O9/c1-29-36-20-21-58(44(36)56-46(54-29)59(47(60)67-49(2,3)4)48(61)68-50(5,6)7)41-22-32(42-43(41)66-51(8,9)65-42)28-64-35-23-39(53)37-25-38(52)45(55-40(37)24-35)57(26-30-12-16-33(62-10)17-13-30)27-31-14-18-34(63-11)19-15-31/h12-25,41-43H,26-28H2,1-11H3/t41-,42-,43+/m1/s1. The maximum Gasteiger partial charge on any atom is 0.427 e. The van der Waals surface area contributed by atoms with E-state index in [9.17, 15) is 9.59 Å². The van der Waals surface area contributed by atoms with Crippen LogP contribution in [0.4, 0.5) is 25.7 Å². The second-order valence-electron chi connectivity index (χ2n) is 19.2. The Labute approximate surface area is 399 Å². The summed E-state index contributed by atoms with van der Waals surface area (Å²) in [6, 6.07) is 21.5. The van der Waals surface area contributed by atoms with E-state index in [0.717, 1.165) is 28.2 Å². The van der Waals surface area contributed by atoms with Gasteiger partial charge in [-0.2, -0.15) is 4.98 Å². The molecule has 68 heavy (non-hydrogen) atoms. The third-order valence-electron chi connectivity index (χ3n) is 11.2. The van der Waals surface area contributed by atoms with Gasteiger partial charge in [0.05, 0.1) is 36.5 Å². The highest BCUT2D eigenvalue weighted by Crippen LogP contribution is 2.45. The molecule has 2 amide bonds. The third kappa shape index (κ3) is 10.5. The van der Waals surface area contributed by atoms with Crippen LogP contribution in [0.15, 0.2) is 90.6 Å². The van der Waals surface area contributed by atoms with Crippen molar-refractivity contribution in [1.29, 1.82) is 0 Å². The summed E-state index contributed by atoms with van der Waals surface area (Å²) in [6.45, 7) is 16.5. The van der Waals surface area contributed by atoms with Crippen molar-refractivity contribution in [3.8, 4) is 17.2 Å². The number of benzene rings is 3. The molecule has 4 heterocycles. The highest BCUT2D eigenvalue weighted by Gasteiger charge is 2.51. The fraction of sp³-hybridized carbons (Fsp3) is 0.392. The van der Waals surface area contributed by atoms with Crippen LogP contribution in [0.3, 0.4) is 0 Å². The van der Waals surface area contributed by atoms with Crippen LogP contribution in [0.2, 0.25) is 5.02 Å². The molecule has 17 heteroatoms. The Balaban J connectivity index is 1.11. The number of aryl methyl sites for hydroxylation is 1. The van der Waals surface area contributed by atoms with Crippen LogP contribution < -0.4 is 24.0 Å². The molecule has 1 aliphatic heterocycles. The first-order valence-electron chi connectivity index (χ1n) is 22.2. The van der Waals surface area contributed by atoms with Gasteiger partial charge in [0.25, 0.3) is 0 Å². The molecule has 1 fully saturated rings. The largest absolute Gasteiger partial charge is 0.497 e. The molecule has 0 radical (unpaired) electrons. The van der Waals surface area contributed by atoms with Crippen LogP contribution >= 0.6 is 11.6 Å². The van der Waals surface area contributed by atoms with Crippen LogP contribution in [0.5, 0.6) is 17.2 Å². The number of rotatable bonds is 12. The Bertz CT molecular complexity index is 2810. The van der Waals surface area contributed by atoms with Crippen molar-refractivity contribution >= 4 is 57.5 Å². The average Bonchev–Trinajstić information content (AvgIpc) is 3.92. The summed E-state index contributed by atoms with van der Waals surface area (Å²) in [4.78, 5) is 44.3. The second-order valence-corrected chi connectivity index (χ2v) is 19.6. The van der Waals surface area contributed by atoms with E-state index in [2.05, 4.69) is 4.98 Å². The molecule has 1 aliphatic carbocycles. The molecule has 6 aromatic rings. The molecule has 2 aliphatic rings. The number of anilines is 2.